The summed E-state index contributed by atoms with van der Waals surface area (Å²) in [5, 5.41) is 6.61. The quantitative estimate of drug-likeness (QED) is 0.369. The third-order valence-electron chi connectivity index (χ3n) is 6.59. The molecule has 2 aromatic heterocycles. The topological polar surface area (TPSA) is 114 Å². The molecule has 2 atom stereocenters. The van der Waals surface area contributed by atoms with Crippen LogP contribution in [-0.2, 0) is 9.47 Å². The Morgan fingerprint density at radius 1 is 1.20 bits per heavy atom. The molecule has 40 heavy (non-hydrogen) atoms. The molecule has 5 rings (SSSR count). The second-order valence-electron chi connectivity index (χ2n) is 10.7. The number of methoxy groups -OCH3 is 1. The Hall–Kier alpha value is -3.38. The van der Waals surface area contributed by atoms with Crippen molar-refractivity contribution in [2.24, 2.45) is 0 Å². The van der Waals surface area contributed by atoms with Gasteiger partial charge < -0.3 is 24.8 Å². The minimum absolute atomic E-state index is 0.00327. The van der Waals surface area contributed by atoms with Crippen molar-refractivity contribution < 1.29 is 23.4 Å². The number of carbonyl (C=O) groups is 1. The second-order valence-corrected chi connectivity index (χ2v) is 11.1. The van der Waals surface area contributed by atoms with Crippen molar-refractivity contribution in [2.75, 3.05) is 25.5 Å². The summed E-state index contributed by atoms with van der Waals surface area (Å²) in [4.78, 5) is 28.4. The monoisotopic (exact) mass is 570 g/mol. The van der Waals surface area contributed by atoms with Crippen molar-refractivity contribution in [1.82, 2.24) is 25.2 Å². The number of ether oxygens (including phenoxy) is 3. The van der Waals surface area contributed by atoms with Crippen LogP contribution in [-0.4, -0.2) is 70.1 Å². The Kier molecular flexibility index (Phi) is 8.18. The van der Waals surface area contributed by atoms with Crippen LogP contribution in [0.4, 0.5) is 15.9 Å². The highest BCUT2D eigenvalue weighted by Gasteiger charge is 2.47. The fourth-order valence-electron chi connectivity index (χ4n) is 4.57. The Bertz CT molecular complexity index is 1380. The van der Waals surface area contributed by atoms with Gasteiger partial charge in [-0.05, 0) is 57.9 Å². The van der Waals surface area contributed by atoms with Crippen LogP contribution in [0.5, 0.6) is 5.75 Å². The maximum Gasteiger partial charge on any atom is 0.255 e. The molecule has 2 unspecified atom stereocenters. The number of aromatic nitrogens is 3. The summed E-state index contributed by atoms with van der Waals surface area (Å²) < 4.78 is 31.5. The Labute approximate surface area is 237 Å². The van der Waals surface area contributed by atoms with Gasteiger partial charge in [0.2, 0.25) is 0 Å². The summed E-state index contributed by atoms with van der Waals surface area (Å²) in [6.07, 6.45) is 5.82. The van der Waals surface area contributed by atoms with Gasteiger partial charge in [-0.1, -0.05) is 11.6 Å². The highest BCUT2D eigenvalue weighted by Crippen LogP contribution is 2.33. The van der Waals surface area contributed by atoms with E-state index < -0.39 is 5.82 Å². The minimum atomic E-state index is -0.513. The zero-order valence-corrected chi connectivity index (χ0v) is 23.5. The van der Waals surface area contributed by atoms with Gasteiger partial charge in [0.15, 0.2) is 29.9 Å². The fourth-order valence-corrected chi connectivity index (χ4v) is 4.74. The van der Waals surface area contributed by atoms with Crippen LogP contribution in [0.1, 0.15) is 44.0 Å². The van der Waals surface area contributed by atoms with Crippen molar-refractivity contribution in [3.8, 4) is 17.1 Å². The Balaban J connectivity index is 1.26. The van der Waals surface area contributed by atoms with Crippen LogP contribution >= 0.6 is 11.6 Å². The minimum Gasteiger partial charge on any atom is -0.491 e. The lowest BCUT2D eigenvalue weighted by molar-refractivity contribution is -0.0579. The molecular formula is C28H32ClFN6O4. The van der Waals surface area contributed by atoms with Crippen molar-refractivity contribution in [1.29, 1.82) is 0 Å². The van der Waals surface area contributed by atoms with Gasteiger partial charge in [0, 0.05) is 36.5 Å². The molecule has 2 N–H and O–H groups in total. The predicted octanol–water partition coefficient (Wildman–Crippen LogP) is 4.78. The summed E-state index contributed by atoms with van der Waals surface area (Å²) in [7, 11) is 1.47. The van der Waals surface area contributed by atoms with Crippen LogP contribution in [0.15, 0.2) is 42.9 Å². The number of pyridine rings is 1. The summed E-state index contributed by atoms with van der Waals surface area (Å²) in [6, 6.07) is 5.82. The van der Waals surface area contributed by atoms with Gasteiger partial charge in [-0.25, -0.2) is 14.4 Å². The molecule has 0 bridgehead atoms. The Morgan fingerprint density at radius 2 is 1.98 bits per heavy atom. The van der Waals surface area contributed by atoms with Crippen molar-refractivity contribution in [3.05, 3.63) is 59.3 Å². The zero-order chi connectivity index (χ0) is 28.4. The molecule has 12 heteroatoms. The lowest BCUT2D eigenvalue weighted by Crippen LogP contribution is -2.46. The van der Waals surface area contributed by atoms with Gasteiger partial charge >= 0.3 is 0 Å². The second kappa shape index (κ2) is 11.6. The number of benzene rings is 1. The average molecular weight is 571 g/mol. The van der Waals surface area contributed by atoms with E-state index in [0.29, 0.717) is 22.0 Å². The molecule has 3 aromatic rings. The van der Waals surface area contributed by atoms with Crippen molar-refractivity contribution >= 4 is 29.0 Å². The number of nitrogens with one attached hydrogen (secondary N) is 2. The molecule has 1 amide bonds. The van der Waals surface area contributed by atoms with Gasteiger partial charge in [0.25, 0.3) is 5.91 Å². The SMILES string of the molecule is COc1cnc(-c2cc(Cl)ccc2F)nc1Nc1ccncc1C(=O)NC1CCN(C2OC2OC(C)(C)C)CC1. The first-order chi connectivity index (χ1) is 19.1. The van der Waals surface area contributed by atoms with Gasteiger partial charge in [0.05, 0.1) is 35.7 Å². The summed E-state index contributed by atoms with van der Waals surface area (Å²) in [5.41, 5.74) is 0.688. The molecule has 4 heterocycles. The number of amides is 1. The van der Waals surface area contributed by atoms with Crippen LogP contribution in [0.25, 0.3) is 11.4 Å². The number of anilines is 2. The van der Waals surface area contributed by atoms with Crippen LogP contribution < -0.4 is 15.4 Å². The molecule has 1 aromatic carbocycles. The number of hydrogen-bond acceptors (Lipinski definition) is 9. The number of epoxide rings is 1. The van der Waals surface area contributed by atoms with E-state index in [1.165, 1.54) is 37.7 Å². The van der Waals surface area contributed by atoms with Crippen LogP contribution in [0, 0.1) is 5.82 Å². The maximum absolute atomic E-state index is 14.5. The molecule has 2 aliphatic rings. The van der Waals surface area contributed by atoms with E-state index in [9.17, 15) is 9.18 Å². The number of piperidine rings is 1. The van der Waals surface area contributed by atoms with E-state index in [1.807, 2.05) is 20.8 Å². The largest absolute Gasteiger partial charge is 0.491 e. The smallest absolute Gasteiger partial charge is 0.255 e. The summed E-state index contributed by atoms with van der Waals surface area (Å²) in [5.74, 6) is -0.0830. The predicted molar refractivity (Wildman–Crippen MR) is 148 cm³/mol. The lowest BCUT2D eigenvalue weighted by Gasteiger charge is -2.31. The molecule has 2 saturated heterocycles. The normalized spacial score (nSPS) is 19.8. The third kappa shape index (κ3) is 6.67. The molecule has 0 saturated carbocycles. The van der Waals surface area contributed by atoms with Crippen molar-refractivity contribution in [2.45, 2.75) is 57.8 Å². The van der Waals surface area contributed by atoms with Crippen molar-refractivity contribution in [3.63, 3.8) is 0 Å². The first kappa shape index (κ1) is 28.2. The highest BCUT2D eigenvalue weighted by atomic mass is 35.5. The van der Waals surface area contributed by atoms with E-state index >= 15 is 0 Å². The molecule has 0 radical (unpaired) electrons. The standard InChI is InChI=1S/C28H32ClFN6O4/c1-28(2,3)40-27-26(39-27)36-11-8-17(9-12-36)33-25(37)19-14-31-10-7-21(19)34-24-22(38-4)15-32-23(35-24)18-13-16(29)5-6-20(18)30/h5-7,10,13-15,17,26-27H,8-9,11-12H2,1-4H3,(H,33,37)(H,31,32,34,35). The highest BCUT2D eigenvalue weighted by molar-refractivity contribution is 6.30. The first-order valence-electron chi connectivity index (χ1n) is 13.1. The van der Waals surface area contributed by atoms with E-state index in [2.05, 4.69) is 30.5 Å². The number of rotatable bonds is 8. The van der Waals surface area contributed by atoms with Gasteiger partial charge in [0.1, 0.15) is 5.82 Å². The first-order valence-corrected chi connectivity index (χ1v) is 13.4. The van der Waals surface area contributed by atoms with Gasteiger partial charge in [-0.15, -0.1) is 0 Å². The maximum atomic E-state index is 14.5. The molecule has 0 spiro atoms. The lowest BCUT2D eigenvalue weighted by atomic mass is 10.0. The van der Waals surface area contributed by atoms with E-state index in [-0.39, 0.29) is 47.3 Å². The number of hydrogen-bond donors (Lipinski definition) is 2. The third-order valence-corrected chi connectivity index (χ3v) is 6.82. The molecule has 10 nitrogen and oxygen atoms in total. The van der Waals surface area contributed by atoms with E-state index in [0.717, 1.165) is 25.9 Å². The van der Waals surface area contributed by atoms with E-state index in [4.69, 9.17) is 25.8 Å². The van der Waals surface area contributed by atoms with Gasteiger partial charge in [-0.3, -0.25) is 14.7 Å². The number of halogens is 2. The molecule has 212 valence electrons. The number of nitrogens with zero attached hydrogens (tertiary/aromatic N) is 4. The average Bonchev–Trinajstić information content (AvgIpc) is 3.68. The van der Waals surface area contributed by atoms with Crippen LogP contribution in [0.3, 0.4) is 0 Å². The summed E-state index contributed by atoms with van der Waals surface area (Å²) >= 11 is 6.06. The van der Waals surface area contributed by atoms with Crippen LogP contribution in [0.2, 0.25) is 5.02 Å². The molecule has 2 fully saturated rings. The molecule has 2 aliphatic heterocycles. The molecular weight excluding hydrogens is 539 g/mol. The number of likely N-dealkylation sites (tertiary alicyclic amines) is 1. The summed E-state index contributed by atoms with van der Waals surface area (Å²) in [6.45, 7) is 7.60. The van der Waals surface area contributed by atoms with Gasteiger partial charge in [-0.2, -0.15) is 0 Å². The Morgan fingerprint density at radius 3 is 2.70 bits per heavy atom. The zero-order valence-electron chi connectivity index (χ0n) is 22.8. The van der Waals surface area contributed by atoms with E-state index in [1.54, 1.807) is 12.3 Å². The fraction of sp³-hybridized carbons (Fsp3) is 0.429. The number of carbonyl (C=O) groups excluding carboxylic acids is 1. The molecule has 0 aliphatic carbocycles.